The maximum atomic E-state index is 11.7. The highest BCUT2D eigenvalue weighted by molar-refractivity contribution is 8.03. The van der Waals surface area contributed by atoms with Crippen LogP contribution in [-0.2, 0) is 19.1 Å². The Hall–Kier alpha value is -0.710. The fourth-order valence-electron chi connectivity index (χ4n) is 1.81. The molecule has 0 amide bonds. The highest BCUT2D eigenvalue weighted by atomic mass is 32.2. The normalized spacial score (nSPS) is 26.8. The fraction of sp³-hybridized carbons (Fsp3) is 0.818. The predicted octanol–water partition coefficient (Wildman–Crippen LogP) is 1.62. The number of rotatable bonds is 4. The van der Waals surface area contributed by atoms with Crippen LogP contribution in [0.4, 0.5) is 0 Å². The van der Waals surface area contributed by atoms with E-state index in [-0.39, 0.29) is 16.7 Å². The summed E-state index contributed by atoms with van der Waals surface area (Å²) in [4.78, 5) is 23.3. The van der Waals surface area contributed by atoms with Crippen LogP contribution in [0.3, 0.4) is 0 Å². The minimum absolute atomic E-state index is 0.246. The van der Waals surface area contributed by atoms with E-state index in [1.165, 1.54) is 11.8 Å². The standard InChI is InChI=1S/C11H18O4S/c1-5-14-9(12)7-8(10(13)15-6-2)16-11(7,3)4/h7-8H,5-6H2,1-4H3/t7-,8-/m1/s1. The minimum Gasteiger partial charge on any atom is -0.466 e. The van der Waals surface area contributed by atoms with Gasteiger partial charge in [-0.15, -0.1) is 11.8 Å². The van der Waals surface area contributed by atoms with Crippen LogP contribution in [0.1, 0.15) is 27.7 Å². The third-order valence-electron chi connectivity index (χ3n) is 2.54. The Bertz CT molecular complexity index is 288. The first-order chi connectivity index (χ1) is 7.44. The van der Waals surface area contributed by atoms with Crippen LogP contribution in [0.15, 0.2) is 0 Å². The van der Waals surface area contributed by atoms with Gasteiger partial charge in [0.2, 0.25) is 0 Å². The van der Waals surface area contributed by atoms with Gasteiger partial charge in [-0.25, -0.2) is 0 Å². The molecule has 1 fully saturated rings. The summed E-state index contributed by atoms with van der Waals surface area (Å²) in [6, 6.07) is 0. The third kappa shape index (κ3) is 2.51. The van der Waals surface area contributed by atoms with Crippen molar-refractivity contribution in [1.29, 1.82) is 0 Å². The Balaban J connectivity index is 2.68. The smallest absolute Gasteiger partial charge is 0.320 e. The largest absolute Gasteiger partial charge is 0.466 e. The van der Waals surface area contributed by atoms with E-state index in [4.69, 9.17) is 9.47 Å². The molecule has 0 saturated carbocycles. The zero-order chi connectivity index (χ0) is 12.3. The van der Waals surface area contributed by atoms with Gasteiger partial charge in [0.1, 0.15) is 5.25 Å². The molecule has 0 N–H and O–H groups in total. The van der Waals surface area contributed by atoms with Crippen molar-refractivity contribution in [2.24, 2.45) is 5.92 Å². The summed E-state index contributed by atoms with van der Waals surface area (Å²) < 4.78 is 9.66. The zero-order valence-electron chi connectivity index (χ0n) is 10.1. The van der Waals surface area contributed by atoms with Crippen molar-refractivity contribution in [2.75, 3.05) is 13.2 Å². The molecule has 0 aromatic carbocycles. The molecule has 0 aromatic heterocycles. The van der Waals surface area contributed by atoms with Crippen LogP contribution in [0.2, 0.25) is 0 Å². The highest BCUT2D eigenvalue weighted by Gasteiger charge is 2.57. The van der Waals surface area contributed by atoms with Gasteiger partial charge in [-0.3, -0.25) is 9.59 Å². The topological polar surface area (TPSA) is 52.6 Å². The molecule has 1 heterocycles. The Labute approximate surface area is 100 Å². The van der Waals surface area contributed by atoms with E-state index >= 15 is 0 Å². The maximum Gasteiger partial charge on any atom is 0.320 e. The van der Waals surface area contributed by atoms with Crippen molar-refractivity contribution < 1.29 is 19.1 Å². The van der Waals surface area contributed by atoms with Crippen molar-refractivity contribution in [3.8, 4) is 0 Å². The van der Waals surface area contributed by atoms with Gasteiger partial charge < -0.3 is 9.47 Å². The average Bonchev–Trinajstić information content (AvgIpc) is 2.15. The molecule has 2 atom stereocenters. The summed E-state index contributed by atoms with van der Waals surface area (Å²) in [6.45, 7) is 8.07. The fourth-order valence-corrected chi connectivity index (χ4v) is 3.37. The van der Waals surface area contributed by atoms with Gasteiger partial charge in [0.25, 0.3) is 0 Å². The number of hydrogen-bond donors (Lipinski definition) is 0. The number of carbonyl (C=O) groups excluding carboxylic acids is 2. The second kappa shape index (κ2) is 5.08. The molecule has 0 spiro atoms. The molecule has 5 heteroatoms. The Morgan fingerprint density at radius 2 is 1.62 bits per heavy atom. The van der Waals surface area contributed by atoms with Crippen LogP contribution >= 0.6 is 11.8 Å². The van der Waals surface area contributed by atoms with Gasteiger partial charge >= 0.3 is 11.9 Å². The molecule has 0 aromatic rings. The van der Waals surface area contributed by atoms with Gasteiger partial charge in [0, 0.05) is 4.75 Å². The predicted molar refractivity (Wildman–Crippen MR) is 62.2 cm³/mol. The number of hydrogen-bond acceptors (Lipinski definition) is 5. The number of thioether (sulfide) groups is 1. The summed E-state index contributed by atoms with van der Waals surface area (Å²) in [5.41, 5.74) is 0. The van der Waals surface area contributed by atoms with Crippen LogP contribution in [0, 0.1) is 5.92 Å². The molecule has 4 nitrogen and oxygen atoms in total. The summed E-state index contributed by atoms with van der Waals surface area (Å²) in [5.74, 6) is -1.01. The van der Waals surface area contributed by atoms with Crippen LogP contribution in [-0.4, -0.2) is 35.1 Å². The molecule has 0 aliphatic carbocycles. The maximum absolute atomic E-state index is 11.7. The van der Waals surface area contributed by atoms with Crippen LogP contribution in [0.5, 0.6) is 0 Å². The van der Waals surface area contributed by atoms with Crippen molar-refractivity contribution in [1.82, 2.24) is 0 Å². The Morgan fingerprint density at radius 3 is 2.06 bits per heavy atom. The lowest BCUT2D eigenvalue weighted by molar-refractivity contribution is -0.156. The van der Waals surface area contributed by atoms with Gasteiger partial charge in [-0.2, -0.15) is 0 Å². The van der Waals surface area contributed by atoms with Crippen LogP contribution in [0.25, 0.3) is 0 Å². The minimum atomic E-state index is -0.408. The quantitative estimate of drug-likeness (QED) is 0.706. The molecular formula is C11H18O4S. The average molecular weight is 246 g/mol. The lowest BCUT2D eigenvalue weighted by atomic mass is 9.89. The highest BCUT2D eigenvalue weighted by Crippen LogP contribution is 2.52. The van der Waals surface area contributed by atoms with E-state index in [1.54, 1.807) is 13.8 Å². The lowest BCUT2D eigenvalue weighted by Gasteiger charge is -2.47. The molecule has 0 unspecified atom stereocenters. The van der Waals surface area contributed by atoms with E-state index in [0.29, 0.717) is 13.2 Å². The van der Waals surface area contributed by atoms with Gasteiger partial charge in [0.05, 0.1) is 19.1 Å². The van der Waals surface area contributed by atoms with Gasteiger partial charge in [0.15, 0.2) is 0 Å². The molecule has 0 bridgehead atoms. The molecule has 16 heavy (non-hydrogen) atoms. The first-order valence-corrected chi connectivity index (χ1v) is 6.33. The SMILES string of the molecule is CCOC(=O)[C@@H]1SC(C)(C)[C@H]1C(=O)OCC. The monoisotopic (exact) mass is 246 g/mol. The summed E-state index contributed by atoms with van der Waals surface area (Å²) in [6.07, 6.45) is 0. The van der Waals surface area contributed by atoms with Crippen molar-refractivity contribution in [3.63, 3.8) is 0 Å². The zero-order valence-corrected chi connectivity index (χ0v) is 10.9. The second-order valence-electron chi connectivity index (χ2n) is 4.12. The second-order valence-corrected chi connectivity index (χ2v) is 5.92. The van der Waals surface area contributed by atoms with Gasteiger partial charge in [-0.1, -0.05) is 0 Å². The molecule has 0 radical (unpaired) electrons. The lowest BCUT2D eigenvalue weighted by Crippen LogP contribution is -2.56. The first kappa shape index (κ1) is 13.4. The van der Waals surface area contributed by atoms with E-state index in [0.717, 1.165) is 0 Å². The van der Waals surface area contributed by atoms with E-state index in [9.17, 15) is 9.59 Å². The van der Waals surface area contributed by atoms with E-state index in [2.05, 4.69) is 0 Å². The van der Waals surface area contributed by atoms with Gasteiger partial charge in [-0.05, 0) is 27.7 Å². The van der Waals surface area contributed by atoms with E-state index < -0.39 is 11.2 Å². The summed E-state index contributed by atoms with van der Waals surface area (Å²) in [7, 11) is 0. The van der Waals surface area contributed by atoms with E-state index in [1.807, 2.05) is 13.8 Å². The summed E-state index contributed by atoms with van der Waals surface area (Å²) >= 11 is 1.47. The van der Waals surface area contributed by atoms with Crippen molar-refractivity contribution >= 4 is 23.7 Å². The Morgan fingerprint density at radius 1 is 1.12 bits per heavy atom. The molecule has 92 valence electrons. The Kier molecular flexibility index (Phi) is 4.24. The molecule has 1 aliphatic rings. The number of ether oxygens (including phenoxy) is 2. The van der Waals surface area contributed by atoms with Crippen LogP contribution < -0.4 is 0 Å². The molecule has 1 rings (SSSR count). The van der Waals surface area contributed by atoms with Crippen molar-refractivity contribution in [3.05, 3.63) is 0 Å². The molecule has 1 saturated heterocycles. The third-order valence-corrected chi connectivity index (χ3v) is 4.12. The summed E-state index contributed by atoms with van der Waals surface area (Å²) in [5, 5.41) is -0.408. The first-order valence-electron chi connectivity index (χ1n) is 5.45. The molecule has 1 aliphatic heterocycles. The number of carbonyl (C=O) groups is 2. The van der Waals surface area contributed by atoms with Crippen molar-refractivity contribution in [2.45, 2.75) is 37.7 Å². The number of esters is 2. The molecular weight excluding hydrogens is 228 g/mol.